The Labute approximate surface area is 159 Å². The highest BCUT2D eigenvalue weighted by Gasteiger charge is 2.49. The Kier molecular flexibility index (Phi) is 4.06. The molecule has 3 heterocycles. The fraction of sp³-hybridized carbons (Fsp3) is 0.591. The highest BCUT2D eigenvalue weighted by Crippen LogP contribution is 2.49. The quantitative estimate of drug-likeness (QED) is 0.760. The maximum absolute atomic E-state index is 12.4. The Bertz CT molecular complexity index is 889. The van der Waals surface area contributed by atoms with Gasteiger partial charge in [-0.25, -0.2) is 0 Å². The summed E-state index contributed by atoms with van der Waals surface area (Å²) < 4.78 is 5.06. The van der Waals surface area contributed by atoms with Crippen molar-refractivity contribution in [3.8, 4) is 0 Å². The van der Waals surface area contributed by atoms with Crippen LogP contribution in [0.25, 0.3) is 10.9 Å². The molecule has 2 aliphatic heterocycles. The molecule has 5 nitrogen and oxygen atoms in total. The standard InChI is InChI=1S/C22H28N2O3/c1-12-3-5-17-16(9-12)14-7-8-24-11-13-4-6-19(25)20(22(26)27-2)15(13)10-18(24)21(14)23-17/h3,5,9,13,15,18-20,23,25H,4,6-8,10-11H2,1-2H3/t13-,15+,18+,19+,20+/m1/s1. The van der Waals surface area contributed by atoms with E-state index in [0.717, 1.165) is 32.4 Å². The Morgan fingerprint density at radius 3 is 3.00 bits per heavy atom. The summed E-state index contributed by atoms with van der Waals surface area (Å²) in [4.78, 5) is 18.7. The van der Waals surface area contributed by atoms with Gasteiger partial charge in [0.05, 0.1) is 25.2 Å². The second kappa shape index (κ2) is 6.35. The lowest BCUT2D eigenvalue weighted by Gasteiger charge is -2.50. The minimum atomic E-state index is -0.571. The Morgan fingerprint density at radius 1 is 1.33 bits per heavy atom. The number of carbonyl (C=O) groups excluding carboxylic acids is 1. The number of benzene rings is 1. The van der Waals surface area contributed by atoms with Gasteiger partial charge >= 0.3 is 5.97 Å². The number of nitrogens with one attached hydrogen (secondary N) is 1. The van der Waals surface area contributed by atoms with Crippen LogP contribution < -0.4 is 0 Å². The Hall–Kier alpha value is -1.85. The number of piperidine rings is 1. The number of methoxy groups -OCH3 is 1. The van der Waals surface area contributed by atoms with Crippen molar-refractivity contribution in [2.24, 2.45) is 17.8 Å². The molecule has 0 radical (unpaired) electrons. The van der Waals surface area contributed by atoms with Gasteiger partial charge in [-0.3, -0.25) is 9.69 Å². The minimum Gasteiger partial charge on any atom is -0.469 e. The molecule has 1 saturated carbocycles. The topological polar surface area (TPSA) is 65.6 Å². The summed E-state index contributed by atoms with van der Waals surface area (Å²) in [7, 11) is 1.44. The van der Waals surface area contributed by atoms with E-state index in [2.05, 4.69) is 35.0 Å². The van der Waals surface area contributed by atoms with Gasteiger partial charge in [0.25, 0.3) is 0 Å². The van der Waals surface area contributed by atoms with E-state index in [9.17, 15) is 9.90 Å². The first-order valence-corrected chi connectivity index (χ1v) is 10.2. The van der Waals surface area contributed by atoms with Gasteiger partial charge in [-0.1, -0.05) is 11.6 Å². The lowest BCUT2D eigenvalue weighted by atomic mass is 9.65. The molecule has 144 valence electrons. The number of hydrogen-bond acceptors (Lipinski definition) is 4. The van der Waals surface area contributed by atoms with Crippen molar-refractivity contribution in [3.63, 3.8) is 0 Å². The maximum atomic E-state index is 12.4. The van der Waals surface area contributed by atoms with Gasteiger partial charge in [-0.15, -0.1) is 0 Å². The first-order valence-electron chi connectivity index (χ1n) is 10.2. The number of aromatic nitrogens is 1. The minimum absolute atomic E-state index is 0.196. The summed E-state index contributed by atoms with van der Waals surface area (Å²) >= 11 is 0. The SMILES string of the molecule is COC(=O)[C@H]1[C@H]2C[C@H]3c4[nH]c5ccc(C)cc5c4CCN3C[C@H]2CC[C@@H]1O. The highest BCUT2D eigenvalue weighted by molar-refractivity contribution is 5.86. The van der Waals surface area contributed by atoms with Crippen LogP contribution in [0, 0.1) is 24.7 Å². The predicted molar refractivity (Wildman–Crippen MR) is 103 cm³/mol. The Balaban J connectivity index is 1.53. The maximum Gasteiger partial charge on any atom is 0.311 e. The summed E-state index contributed by atoms with van der Waals surface area (Å²) in [6.07, 6.45) is 3.13. The molecule has 1 aliphatic carbocycles. The zero-order chi connectivity index (χ0) is 18.7. The lowest BCUT2D eigenvalue weighted by molar-refractivity contribution is -0.160. The fourth-order valence-corrected chi connectivity index (χ4v) is 5.97. The van der Waals surface area contributed by atoms with Gasteiger partial charge < -0.3 is 14.8 Å². The lowest BCUT2D eigenvalue weighted by Crippen LogP contribution is -2.53. The summed E-state index contributed by atoms with van der Waals surface area (Å²) in [6, 6.07) is 6.93. The first kappa shape index (κ1) is 17.3. The molecule has 2 fully saturated rings. The van der Waals surface area contributed by atoms with Crippen molar-refractivity contribution in [2.45, 2.75) is 44.8 Å². The number of aryl methyl sites for hydroxylation is 1. The molecule has 1 aromatic heterocycles. The molecule has 0 spiro atoms. The molecule has 0 bridgehead atoms. The average molecular weight is 368 g/mol. The summed E-state index contributed by atoms with van der Waals surface area (Å²) in [5.74, 6) is 0.0466. The molecule has 5 heteroatoms. The van der Waals surface area contributed by atoms with Crippen LogP contribution in [-0.4, -0.2) is 47.3 Å². The summed E-state index contributed by atoms with van der Waals surface area (Å²) in [6.45, 7) is 4.24. The third-order valence-electron chi connectivity index (χ3n) is 7.27. The molecule has 1 aromatic carbocycles. The van der Waals surface area contributed by atoms with Gasteiger partial charge in [0.15, 0.2) is 0 Å². The van der Waals surface area contributed by atoms with E-state index >= 15 is 0 Å². The third kappa shape index (κ3) is 2.63. The number of ether oxygens (including phenoxy) is 1. The number of carbonyl (C=O) groups is 1. The van der Waals surface area contributed by atoms with E-state index < -0.39 is 6.10 Å². The van der Waals surface area contributed by atoms with E-state index in [-0.39, 0.29) is 17.8 Å². The van der Waals surface area contributed by atoms with Crippen LogP contribution in [0.2, 0.25) is 0 Å². The van der Waals surface area contributed by atoms with Crippen LogP contribution in [0.3, 0.4) is 0 Å². The monoisotopic (exact) mass is 368 g/mol. The van der Waals surface area contributed by atoms with E-state index in [1.54, 1.807) is 0 Å². The molecular formula is C22H28N2O3. The number of rotatable bonds is 1. The number of nitrogens with zero attached hydrogens (tertiary/aromatic N) is 1. The number of fused-ring (bicyclic) bond motifs is 6. The molecule has 2 aromatic rings. The number of H-pyrrole nitrogens is 1. The molecule has 5 rings (SSSR count). The van der Waals surface area contributed by atoms with Gasteiger partial charge in [0.2, 0.25) is 0 Å². The molecule has 27 heavy (non-hydrogen) atoms. The van der Waals surface area contributed by atoms with E-state index in [1.807, 2.05) is 0 Å². The number of esters is 1. The van der Waals surface area contributed by atoms with Gasteiger partial charge in [0, 0.05) is 29.7 Å². The normalized spacial score (nSPS) is 33.2. The van der Waals surface area contributed by atoms with E-state index in [0.29, 0.717) is 18.4 Å². The second-order valence-corrected chi connectivity index (χ2v) is 8.68. The number of aliphatic hydroxyl groups is 1. The summed E-state index contributed by atoms with van der Waals surface area (Å²) in [5.41, 5.74) is 5.27. The fourth-order valence-electron chi connectivity index (χ4n) is 5.97. The van der Waals surface area contributed by atoms with Crippen molar-refractivity contribution in [1.82, 2.24) is 9.88 Å². The molecule has 1 saturated heterocycles. The van der Waals surface area contributed by atoms with Gasteiger partial charge in [0.1, 0.15) is 0 Å². The first-order chi connectivity index (χ1) is 13.1. The largest absolute Gasteiger partial charge is 0.469 e. The number of hydrogen-bond donors (Lipinski definition) is 2. The number of aliphatic hydroxyl groups excluding tert-OH is 1. The van der Waals surface area contributed by atoms with Crippen molar-refractivity contribution in [1.29, 1.82) is 0 Å². The smallest absolute Gasteiger partial charge is 0.311 e. The Morgan fingerprint density at radius 2 is 2.19 bits per heavy atom. The molecule has 2 N–H and O–H groups in total. The van der Waals surface area contributed by atoms with Crippen LogP contribution in [0.15, 0.2) is 18.2 Å². The number of aromatic amines is 1. The average Bonchev–Trinajstić information content (AvgIpc) is 3.04. The molecular weight excluding hydrogens is 340 g/mol. The zero-order valence-electron chi connectivity index (χ0n) is 16.1. The van der Waals surface area contributed by atoms with Crippen molar-refractivity contribution >= 4 is 16.9 Å². The van der Waals surface area contributed by atoms with Crippen LogP contribution in [0.4, 0.5) is 0 Å². The molecule has 0 amide bonds. The van der Waals surface area contributed by atoms with Crippen LogP contribution in [-0.2, 0) is 16.0 Å². The highest BCUT2D eigenvalue weighted by atomic mass is 16.5. The van der Waals surface area contributed by atoms with Gasteiger partial charge in [-0.2, -0.15) is 0 Å². The molecule has 3 aliphatic rings. The van der Waals surface area contributed by atoms with Crippen molar-refractivity contribution < 1.29 is 14.6 Å². The van der Waals surface area contributed by atoms with Crippen LogP contribution in [0.5, 0.6) is 0 Å². The van der Waals surface area contributed by atoms with E-state index in [1.165, 1.54) is 34.8 Å². The second-order valence-electron chi connectivity index (χ2n) is 8.68. The molecule has 0 unspecified atom stereocenters. The molecule has 5 atom stereocenters. The van der Waals surface area contributed by atoms with Crippen molar-refractivity contribution in [3.05, 3.63) is 35.0 Å². The van der Waals surface area contributed by atoms with Crippen LogP contribution >= 0.6 is 0 Å². The zero-order valence-corrected chi connectivity index (χ0v) is 16.1. The van der Waals surface area contributed by atoms with Crippen molar-refractivity contribution in [2.75, 3.05) is 20.2 Å². The van der Waals surface area contributed by atoms with Gasteiger partial charge in [-0.05, 0) is 62.1 Å². The van der Waals surface area contributed by atoms with E-state index in [4.69, 9.17) is 4.74 Å². The summed E-state index contributed by atoms with van der Waals surface area (Å²) in [5, 5.41) is 11.9. The van der Waals surface area contributed by atoms with Crippen LogP contribution in [0.1, 0.15) is 42.1 Å². The predicted octanol–water partition coefficient (Wildman–Crippen LogP) is 2.96. The third-order valence-corrected chi connectivity index (χ3v) is 7.27.